The Balaban J connectivity index is 1.55. The van der Waals surface area contributed by atoms with Crippen LogP contribution in [0.2, 0.25) is 19.6 Å². The van der Waals surface area contributed by atoms with Gasteiger partial charge in [0.15, 0.2) is 5.79 Å². The molecule has 4 aromatic carbocycles. The number of hydrogen-bond donors (Lipinski definition) is 0. The van der Waals surface area contributed by atoms with Crippen molar-refractivity contribution in [2.45, 2.75) is 66.9 Å². The number of ether oxygens (including phenoxy) is 3. The van der Waals surface area contributed by atoms with Crippen LogP contribution in [0.25, 0.3) is 0 Å². The summed E-state index contributed by atoms with van der Waals surface area (Å²) < 4.78 is 20.6. The number of hydrogen-bond acceptors (Lipinski definition) is 4. The average Bonchev–Trinajstić information content (AvgIpc) is 3.27. The standard InChI is InChI=1S/C35H40O3SSi/c1-34(2)37-31(32(38-34)33(40(3,4)5)39-30-24-16-9-17-25-30)26-36-35(27-18-10-6-11-19-27,28-20-12-7-13-21-28)29-22-14-8-15-23-29/h6-25,31-33H,26H2,1-5H3/t31-,32-,33+/m1/s1. The minimum Gasteiger partial charge on any atom is -0.358 e. The summed E-state index contributed by atoms with van der Waals surface area (Å²) in [6, 6.07) is 42.2. The van der Waals surface area contributed by atoms with Crippen LogP contribution < -0.4 is 0 Å². The van der Waals surface area contributed by atoms with Crippen molar-refractivity contribution in [2.24, 2.45) is 0 Å². The fourth-order valence-corrected chi connectivity index (χ4v) is 9.67. The van der Waals surface area contributed by atoms with Gasteiger partial charge >= 0.3 is 0 Å². The Hall–Kier alpha value is -2.67. The SMILES string of the molecule is CC1(C)O[C@@H]([C@@H](Sc2ccccc2)[Si](C)(C)C)[C@@H](COC(c2ccccc2)(c2ccccc2)c2ccccc2)O1. The Bertz CT molecular complexity index is 1240. The van der Waals surface area contributed by atoms with Gasteiger partial charge in [0.1, 0.15) is 11.7 Å². The molecule has 5 heteroatoms. The lowest BCUT2D eigenvalue weighted by Crippen LogP contribution is -2.50. The topological polar surface area (TPSA) is 27.7 Å². The largest absolute Gasteiger partial charge is 0.358 e. The fraction of sp³-hybridized carbons (Fsp3) is 0.314. The molecule has 0 radical (unpaired) electrons. The summed E-state index contributed by atoms with van der Waals surface area (Å²) in [5.74, 6) is -0.692. The van der Waals surface area contributed by atoms with Gasteiger partial charge in [-0.25, -0.2) is 0 Å². The second-order valence-corrected chi connectivity index (χ2v) is 18.9. The molecule has 0 aliphatic carbocycles. The predicted molar refractivity (Wildman–Crippen MR) is 168 cm³/mol. The number of benzene rings is 4. The van der Waals surface area contributed by atoms with Gasteiger partial charge in [-0.2, -0.15) is 0 Å². The highest BCUT2D eigenvalue weighted by atomic mass is 32.2. The van der Waals surface area contributed by atoms with Gasteiger partial charge in [-0.15, -0.1) is 11.8 Å². The van der Waals surface area contributed by atoms with Crippen molar-refractivity contribution >= 4 is 19.8 Å². The van der Waals surface area contributed by atoms with Gasteiger partial charge in [-0.3, -0.25) is 0 Å². The molecule has 208 valence electrons. The summed E-state index contributed by atoms with van der Waals surface area (Å²) in [7, 11) is -1.70. The maximum atomic E-state index is 7.21. The fourth-order valence-electron chi connectivity index (χ4n) is 5.61. The van der Waals surface area contributed by atoms with Gasteiger partial charge in [-0.1, -0.05) is 129 Å². The van der Waals surface area contributed by atoms with Gasteiger partial charge in [-0.05, 0) is 42.7 Å². The van der Waals surface area contributed by atoms with E-state index >= 15 is 0 Å². The zero-order chi connectivity index (χ0) is 28.2. The predicted octanol–water partition coefficient (Wildman–Crippen LogP) is 8.55. The molecule has 0 spiro atoms. The molecule has 1 saturated heterocycles. The van der Waals surface area contributed by atoms with Crippen molar-refractivity contribution < 1.29 is 14.2 Å². The van der Waals surface area contributed by atoms with Crippen LogP contribution in [-0.2, 0) is 19.8 Å². The van der Waals surface area contributed by atoms with Gasteiger partial charge in [0.05, 0.1) is 20.8 Å². The normalized spacial score (nSPS) is 19.8. The lowest BCUT2D eigenvalue weighted by atomic mass is 9.80. The summed E-state index contributed by atoms with van der Waals surface area (Å²) in [5.41, 5.74) is 2.46. The first kappa shape index (κ1) is 28.8. The Labute approximate surface area is 244 Å². The zero-order valence-electron chi connectivity index (χ0n) is 24.1. The summed E-state index contributed by atoms with van der Waals surface area (Å²) >= 11 is 1.92. The van der Waals surface area contributed by atoms with Crippen LogP contribution in [0.5, 0.6) is 0 Å². The monoisotopic (exact) mass is 568 g/mol. The molecule has 0 aromatic heterocycles. The smallest absolute Gasteiger partial charge is 0.163 e. The van der Waals surface area contributed by atoms with Crippen LogP contribution >= 0.6 is 11.8 Å². The molecule has 1 heterocycles. The molecule has 3 nitrogen and oxygen atoms in total. The molecule has 1 aliphatic heterocycles. The van der Waals surface area contributed by atoms with E-state index in [0.717, 1.165) is 16.7 Å². The van der Waals surface area contributed by atoms with Crippen molar-refractivity contribution in [3.63, 3.8) is 0 Å². The van der Waals surface area contributed by atoms with Crippen molar-refractivity contribution in [3.05, 3.63) is 138 Å². The van der Waals surface area contributed by atoms with E-state index in [0.29, 0.717) is 6.61 Å². The van der Waals surface area contributed by atoms with Crippen LogP contribution in [0.3, 0.4) is 0 Å². The van der Waals surface area contributed by atoms with E-state index in [4.69, 9.17) is 14.2 Å². The van der Waals surface area contributed by atoms with Crippen molar-refractivity contribution in [1.82, 2.24) is 0 Å². The molecule has 0 saturated carbocycles. The van der Waals surface area contributed by atoms with Crippen molar-refractivity contribution in [1.29, 1.82) is 0 Å². The molecule has 0 N–H and O–H groups in total. The van der Waals surface area contributed by atoms with Gasteiger partial charge < -0.3 is 14.2 Å². The zero-order valence-corrected chi connectivity index (χ0v) is 25.9. The summed E-state index contributed by atoms with van der Waals surface area (Å²) in [5, 5.41) is 0. The van der Waals surface area contributed by atoms with E-state index in [1.807, 2.05) is 25.6 Å². The Morgan fingerprint density at radius 3 is 1.55 bits per heavy atom. The molecule has 1 fully saturated rings. The second-order valence-electron chi connectivity index (χ2n) is 11.9. The molecule has 0 unspecified atom stereocenters. The Kier molecular flexibility index (Phi) is 8.69. The molecule has 40 heavy (non-hydrogen) atoms. The first-order valence-corrected chi connectivity index (χ1v) is 18.5. The molecule has 1 aliphatic rings. The third kappa shape index (κ3) is 6.29. The minimum atomic E-state index is -1.70. The maximum absolute atomic E-state index is 7.21. The summed E-state index contributed by atoms with van der Waals surface area (Å²) in [6.45, 7) is 11.7. The highest BCUT2D eigenvalue weighted by Gasteiger charge is 2.50. The lowest BCUT2D eigenvalue weighted by molar-refractivity contribution is -0.154. The third-order valence-electron chi connectivity index (χ3n) is 7.38. The molecular formula is C35H40O3SSi. The van der Waals surface area contributed by atoms with Crippen LogP contribution in [-0.4, -0.2) is 37.5 Å². The third-order valence-corrected chi connectivity index (χ3v) is 13.0. The first-order valence-electron chi connectivity index (χ1n) is 14.1. The van der Waals surface area contributed by atoms with Crippen molar-refractivity contribution in [3.8, 4) is 0 Å². The molecule has 4 aromatic rings. The second kappa shape index (κ2) is 12.1. The van der Waals surface area contributed by atoms with E-state index in [9.17, 15) is 0 Å². The van der Waals surface area contributed by atoms with E-state index < -0.39 is 19.5 Å². The average molecular weight is 569 g/mol. The van der Waals surface area contributed by atoms with E-state index in [1.54, 1.807) is 0 Å². The number of thioether (sulfide) groups is 1. The summed E-state index contributed by atoms with van der Waals surface area (Å²) in [6.07, 6.45) is -0.328. The van der Waals surface area contributed by atoms with Crippen LogP contribution in [0.15, 0.2) is 126 Å². The van der Waals surface area contributed by atoms with E-state index in [1.165, 1.54) is 4.90 Å². The van der Waals surface area contributed by atoms with Gasteiger partial charge in [0.2, 0.25) is 0 Å². The molecular weight excluding hydrogens is 529 g/mol. The van der Waals surface area contributed by atoms with E-state index in [-0.39, 0.29) is 17.1 Å². The minimum absolute atomic E-state index is 0.105. The summed E-state index contributed by atoms with van der Waals surface area (Å²) in [4.78, 5) is 1.54. The number of rotatable bonds is 10. The molecule has 0 amide bonds. The van der Waals surface area contributed by atoms with Gasteiger partial charge in [0, 0.05) is 9.77 Å². The van der Waals surface area contributed by atoms with Crippen LogP contribution in [0.1, 0.15) is 30.5 Å². The molecule has 3 atom stereocenters. The van der Waals surface area contributed by atoms with Crippen molar-refractivity contribution in [2.75, 3.05) is 6.61 Å². The molecule has 0 bridgehead atoms. The Morgan fingerprint density at radius 2 is 1.12 bits per heavy atom. The highest BCUT2D eigenvalue weighted by molar-refractivity contribution is 8.01. The van der Waals surface area contributed by atoms with Gasteiger partial charge in [0.25, 0.3) is 0 Å². The maximum Gasteiger partial charge on any atom is 0.163 e. The van der Waals surface area contributed by atoms with Crippen LogP contribution in [0, 0.1) is 0 Å². The van der Waals surface area contributed by atoms with Crippen LogP contribution in [0.4, 0.5) is 0 Å². The lowest BCUT2D eigenvalue weighted by Gasteiger charge is -2.38. The van der Waals surface area contributed by atoms with E-state index in [2.05, 4.69) is 141 Å². The Morgan fingerprint density at radius 1 is 0.700 bits per heavy atom. The quantitative estimate of drug-likeness (QED) is 0.109. The highest BCUT2D eigenvalue weighted by Crippen LogP contribution is 2.44. The molecule has 5 rings (SSSR count). The first-order chi connectivity index (χ1) is 19.2.